The Kier molecular flexibility index (Phi) is 5.39. The fourth-order valence-corrected chi connectivity index (χ4v) is 5.02. The van der Waals surface area contributed by atoms with Crippen LogP contribution in [0.25, 0.3) is 0 Å². The van der Waals surface area contributed by atoms with Gasteiger partial charge in [0.1, 0.15) is 5.76 Å². The van der Waals surface area contributed by atoms with Gasteiger partial charge in [0.2, 0.25) is 15.9 Å². The molecule has 2 aromatic rings. The van der Waals surface area contributed by atoms with Gasteiger partial charge in [0.15, 0.2) is 0 Å². The summed E-state index contributed by atoms with van der Waals surface area (Å²) in [5.41, 5.74) is 3.20. The maximum atomic E-state index is 12.8. The Labute approximate surface area is 160 Å². The van der Waals surface area contributed by atoms with Crippen molar-refractivity contribution in [2.45, 2.75) is 45.4 Å². The Balaban J connectivity index is 1.85. The molecule has 0 N–H and O–H groups in total. The molecule has 8 heteroatoms. The van der Waals surface area contributed by atoms with Crippen molar-refractivity contribution in [3.05, 3.63) is 40.8 Å². The topological polar surface area (TPSA) is 83.7 Å². The lowest BCUT2D eigenvalue weighted by molar-refractivity contribution is -0.117. The van der Waals surface area contributed by atoms with Crippen LogP contribution in [0.2, 0.25) is 0 Å². The van der Waals surface area contributed by atoms with E-state index in [1.165, 1.54) is 4.31 Å². The highest BCUT2D eigenvalue weighted by molar-refractivity contribution is 7.89. The highest BCUT2D eigenvalue weighted by atomic mass is 32.2. The molecule has 0 saturated carbocycles. The van der Waals surface area contributed by atoms with Crippen molar-refractivity contribution in [2.75, 3.05) is 24.5 Å². The molecule has 3 rings (SSSR count). The van der Waals surface area contributed by atoms with Crippen LogP contribution in [0.5, 0.6) is 0 Å². The normalized spacial score (nSPS) is 14.0. The molecular weight excluding hydrogens is 366 g/mol. The van der Waals surface area contributed by atoms with Crippen molar-refractivity contribution in [1.82, 2.24) is 9.46 Å². The second-order valence-corrected chi connectivity index (χ2v) is 8.59. The first-order valence-electron chi connectivity index (χ1n) is 9.14. The average Bonchev–Trinajstić information content (AvgIpc) is 3.20. The molecule has 0 unspecified atom stereocenters. The number of rotatable bonds is 6. The number of benzene rings is 1. The summed E-state index contributed by atoms with van der Waals surface area (Å²) >= 11 is 0. The standard InChI is InChI=1S/C19H25N3O4S/c1-5-21(6-2)27(24,25)16-7-8-18-15(11-16)9-10-22(18)19(23)12-17-13(3)20-26-14(17)4/h7-8,11H,5-6,9-10,12H2,1-4H3. The molecule has 1 aliphatic heterocycles. The summed E-state index contributed by atoms with van der Waals surface area (Å²) in [6.07, 6.45) is 0.865. The number of carbonyl (C=O) groups excluding carboxylic acids is 1. The summed E-state index contributed by atoms with van der Waals surface area (Å²) in [6.45, 7) is 8.67. The van der Waals surface area contributed by atoms with Gasteiger partial charge >= 0.3 is 0 Å². The molecule has 0 spiro atoms. The number of hydrogen-bond acceptors (Lipinski definition) is 5. The van der Waals surface area contributed by atoms with E-state index in [0.29, 0.717) is 31.8 Å². The number of carbonyl (C=O) groups is 1. The van der Waals surface area contributed by atoms with Crippen LogP contribution in [0, 0.1) is 13.8 Å². The van der Waals surface area contributed by atoms with E-state index in [4.69, 9.17) is 4.52 Å². The first-order valence-corrected chi connectivity index (χ1v) is 10.6. The van der Waals surface area contributed by atoms with Gasteiger partial charge in [0.25, 0.3) is 0 Å². The molecule has 0 saturated heterocycles. The van der Waals surface area contributed by atoms with Gasteiger partial charge in [-0.1, -0.05) is 19.0 Å². The molecule has 0 aliphatic carbocycles. The SMILES string of the molecule is CCN(CC)S(=O)(=O)c1ccc2c(c1)CCN2C(=O)Cc1c(C)noc1C. The number of hydrogen-bond donors (Lipinski definition) is 0. The second kappa shape index (κ2) is 7.44. The first kappa shape index (κ1) is 19.6. The van der Waals surface area contributed by atoms with Gasteiger partial charge in [-0.15, -0.1) is 0 Å². The number of amides is 1. The van der Waals surface area contributed by atoms with E-state index in [9.17, 15) is 13.2 Å². The summed E-state index contributed by atoms with van der Waals surface area (Å²) in [5, 5.41) is 3.89. The molecule has 1 amide bonds. The van der Waals surface area contributed by atoms with E-state index in [1.807, 2.05) is 20.8 Å². The largest absolute Gasteiger partial charge is 0.361 e. The fraction of sp³-hybridized carbons (Fsp3) is 0.474. The zero-order valence-electron chi connectivity index (χ0n) is 16.2. The minimum absolute atomic E-state index is 0.0394. The molecular formula is C19H25N3O4S. The average molecular weight is 391 g/mol. The second-order valence-electron chi connectivity index (χ2n) is 6.65. The van der Waals surface area contributed by atoms with Gasteiger partial charge in [-0.05, 0) is 44.0 Å². The summed E-state index contributed by atoms with van der Waals surface area (Å²) in [7, 11) is -3.50. The lowest BCUT2D eigenvalue weighted by atomic mass is 10.1. The Morgan fingerprint density at radius 2 is 1.96 bits per heavy atom. The number of nitrogens with zero attached hydrogens (tertiary/aromatic N) is 3. The first-order chi connectivity index (χ1) is 12.8. The Hall–Kier alpha value is -2.19. The lowest BCUT2D eigenvalue weighted by Crippen LogP contribution is -2.31. The van der Waals surface area contributed by atoms with Crippen molar-refractivity contribution >= 4 is 21.6 Å². The van der Waals surface area contributed by atoms with Gasteiger partial charge in [-0.2, -0.15) is 4.31 Å². The van der Waals surface area contributed by atoms with Crippen molar-refractivity contribution in [3.8, 4) is 0 Å². The number of aromatic nitrogens is 1. The summed E-state index contributed by atoms with van der Waals surface area (Å²) in [4.78, 5) is 14.8. The molecule has 7 nitrogen and oxygen atoms in total. The molecule has 0 radical (unpaired) electrons. The van der Waals surface area contributed by atoms with Crippen LogP contribution >= 0.6 is 0 Å². The Bertz CT molecular complexity index is 942. The zero-order chi connectivity index (χ0) is 19.8. The van der Waals surface area contributed by atoms with Crippen molar-refractivity contribution < 1.29 is 17.7 Å². The van der Waals surface area contributed by atoms with Gasteiger partial charge in [0.05, 0.1) is 17.0 Å². The third kappa shape index (κ3) is 3.51. The third-order valence-corrected chi connectivity index (χ3v) is 7.15. The van der Waals surface area contributed by atoms with Crippen LogP contribution in [0.15, 0.2) is 27.6 Å². The minimum Gasteiger partial charge on any atom is -0.361 e. The van der Waals surface area contributed by atoms with E-state index in [0.717, 1.165) is 22.5 Å². The van der Waals surface area contributed by atoms with E-state index in [-0.39, 0.29) is 17.2 Å². The van der Waals surface area contributed by atoms with Crippen LogP contribution < -0.4 is 4.90 Å². The number of fused-ring (bicyclic) bond motifs is 1. The van der Waals surface area contributed by atoms with Crippen LogP contribution in [0.4, 0.5) is 5.69 Å². The maximum Gasteiger partial charge on any atom is 0.243 e. The van der Waals surface area contributed by atoms with Crippen molar-refractivity contribution in [2.24, 2.45) is 0 Å². The van der Waals surface area contributed by atoms with Gasteiger partial charge < -0.3 is 9.42 Å². The minimum atomic E-state index is -3.50. The quantitative estimate of drug-likeness (QED) is 0.755. The van der Waals surface area contributed by atoms with E-state index in [2.05, 4.69) is 5.16 Å². The Morgan fingerprint density at radius 3 is 2.56 bits per heavy atom. The van der Waals surface area contributed by atoms with E-state index in [1.54, 1.807) is 30.0 Å². The number of sulfonamides is 1. The predicted octanol–water partition coefficient (Wildman–Crippen LogP) is 2.45. The van der Waals surface area contributed by atoms with Crippen LogP contribution in [0.1, 0.15) is 36.4 Å². The monoisotopic (exact) mass is 391 g/mol. The van der Waals surface area contributed by atoms with E-state index >= 15 is 0 Å². The van der Waals surface area contributed by atoms with E-state index < -0.39 is 10.0 Å². The highest BCUT2D eigenvalue weighted by Crippen LogP contribution is 2.32. The molecule has 27 heavy (non-hydrogen) atoms. The molecule has 1 aliphatic rings. The predicted molar refractivity (Wildman–Crippen MR) is 102 cm³/mol. The summed E-state index contributed by atoms with van der Waals surface area (Å²) in [6, 6.07) is 5.03. The van der Waals surface area contributed by atoms with Crippen LogP contribution in [-0.2, 0) is 27.7 Å². The molecule has 146 valence electrons. The Morgan fingerprint density at radius 1 is 1.26 bits per heavy atom. The molecule has 0 atom stereocenters. The number of anilines is 1. The molecule has 0 bridgehead atoms. The number of aryl methyl sites for hydroxylation is 2. The maximum absolute atomic E-state index is 12.8. The van der Waals surface area contributed by atoms with Crippen molar-refractivity contribution in [3.63, 3.8) is 0 Å². The smallest absolute Gasteiger partial charge is 0.243 e. The van der Waals surface area contributed by atoms with Crippen LogP contribution in [0.3, 0.4) is 0 Å². The van der Waals surface area contributed by atoms with Crippen molar-refractivity contribution in [1.29, 1.82) is 0 Å². The fourth-order valence-electron chi connectivity index (χ4n) is 3.51. The third-order valence-electron chi connectivity index (χ3n) is 5.10. The summed E-state index contributed by atoms with van der Waals surface area (Å²) < 4.78 is 32.0. The molecule has 1 aromatic heterocycles. The zero-order valence-corrected chi connectivity index (χ0v) is 17.0. The highest BCUT2D eigenvalue weighted by Gasteiger charge is 2.29. The van der Waals surface area contributed by atoms with Gasteiger partial charge in [-0.25, -0.2) is 8.42 Å². The van der Waals surface area contributed by atoms with Crippen LogP contribution in [-0.4, -0.2) is 43.4 Å². The van der Waals surface area contributed by atoms with Gasteiger partial charge in [-0.3, -0.25) is 4.79 Å². The molecule has 1 aromatic carbocycles. The van der Waals surface area contributed by atoms with Gasteiger partial charge in [0, 0.05) is 30.9 Å². The lowest BCUT2D eigenvalue weighted by Gasteiger charge is -2.20. The summed E-state index contributed by atoms with van der Waals surface area (Å²) in [5.74, 6) is 0.614. The molecule has 2 heterocycles. The molecule has 0 fully saturated rings.